The number of azo groups is 1. The van der Waals surface area contributed by atoms with Crippen molar-refractivity contribution in [2.24, 2.45) is 10.2 Å². The Kier molecular flexibility index (Phi) is 7.89. The lowest BCUT2D eigenvalue weighted by Gasteiger charge is -2.12. The van der Waals surface area contributed by atoms with Crippen LogP contribution in [0, 0.1) is 0 Å². The van der Waals surface area contributed by atoms with Gasteiger partial charge in [-0.05, 0) is 47.7 Å². The van der Waals surface area contributed by atoms with Gasteiger partial charge >= 0.3 is 0 Å². The van der Waals surface area contributed by atoms with Crippen molar-refractivity contribution in [1.82, 2.24) is 0 Å². The first-order valence-electron chi connectivity index (χ1n) is 11.1. The number of nitrogens with one attached hydrogen (secondary N) is 1. The SMILES string of the molecule is CCc1cc(Cl)c(S(=O)(=O)O)cc1N=Nc1c(O)c(C(=O)Nc2ccc(Cl)c(OC)c2)cc2ccccc12. The van der Waals surface area contributed by atoms with E-state index in [1.165, 1.54) is 19.2 Å². The first-order chi connectivity index (χ1) is 18.0. The van der Waals surface area contributed by atoms with Crippen molar-refractivity contribution in [1.29, 1.82) is 0 Å². The van der Waals surface area contributed by atoms with Crippen LogP contribution >= 0.6 is 23.2 Å². The summed E-state index contributed by atoms with van der Waals surface area (Å²) in [6.45, 7) is 1.81. The van der Waals surface area contributed by atoms with Crippen LogP contribution in [-0.2, 0) is 16.5 Å². The number of halogens is 2. The van der Waals surface area contributed by atoms with Gasteiger partial charge in [-0.2, -0.15) is 13.5 Å². The summed E-state index contributed by atoms with van der Waals surface area (Å²) in [4.78, 5) is 12.6. The van der Waals surface area contributed by atoms with Crippen LogP contribution in [0.5, 0.6) is 11.5 Å². The summed E-state index contributed by atoms with van der Waals surface area (Å²) in [5.74, 6) is -0.697. The van der Waals surface area contributed by atoms with Gasteiger partial charge in [0.2, 0.25) is 0 Å². The smallest absolute Gasteiger partial charge is 0.296 e. The molecule has 0 aromatic heterocycles. The van der Waals surface area contributed by atoms with Crippen molar-refractivity contribution in [3.8, 4) is 11.5 Å². The molecule has 0 saturated heterocycles. The molecule has 4 aromatic carbocycles. The number of ether oxygens (including phenoxy) is 1. The molecule has 0 atom stereocenters. The van der Waals surface area contributed by atoms with Crippen molar-refractivity contribution in [3.63, 3.8) is 0 Å². The lowest BCUT2D eigenvalue weighted by atomic mass is 10.0. The predicted octanol–water partition coefficient (Wildman–Crippen LogP) is 7.34. The normalized spacial score (nSPS) is 11.7. The molecule has 0 heterocycles. The largest absolute Gasteiger partial charge is 0.505 e. The zero-order valence-corrected chi connectivity index (χ0v) is 22.4. The zero-order chi connectivity index (χ0) is 27.6. The van der Waals surface area contributed by atoms with Gasteiger partial charge in [0.1, 0.15) is 16.3 Å². The number of carbonyl (C=O) groups is 1. The van der Waals surface area contributed by atoms with E-state index in [0.29, 0.717) is 39.2 Å². The third-order valence-corrected chi connectivity index (χ3v) is 7.33. The minimum Gasteiger partial charge on any atom is -0.505 e. The maximum absolute atomic E-state index is 13.2. The van der Waals surface area contributed by atoms with Crippen molar-refractivity contribution >= 4 is 67.1 Å². The molecule has 12 heteroatoms. The van der Waals surface area contributed by atoms with Gasteiger partial charge in [-0.25, -0.2) is 0 Å². The molecule has 0 saturated carbocycles. The number of carbonyl (C=O) groups excluding carboxylic acids is 1. The molecular formula is C26H21Cl2N3O6S. The Labute approximate surface area is 228 Å². The number of hydrogen-bond donors (Lipinski definition) is 3. The number of fused-ring (bicyclic) bond motifs is 1. The van der Waals surface area contributed by atoms with Crippen LogP contribution in [0.1, 0.15) is 22.8 Å². The fourth-order valence-electron chi connectivity index (χ4n) is 3.79. The van der Waals surface area contributed by atoms with Crippen LogP contribution in [0.15, 0.2) is 75.8 Å². The maximum atomic E-state index is 13.2. The molecule has 0 aliphatic rings. The Hall–Kier alpha value is -3.70. The van der Waals surface area contributed by atoms with E-state index in [2.05, 4.69) is 15.5 Å². The highest BCUT2D eigenvalue weighted by Gasteiger charge is 2.21. The van der Waals surface area contributed by atoms with E-state index in [1.54, 1.807) is 49.4 Å². The van der Waals surface area contributed by atoms with Crippen LogP contribution in [0.25, 0.3) is 10.8 Å². The Balaban J connectivity index is 1.81. The number of anilines is 1. The van der Waals surface area contributed by atoms with E-state index in [0.717, 1.165) is 6.07 Å². The van der Waals surface area contributed by atoms with E-state index in [1.807, 2.05) is 0 Å². The summed E-state index contributed by atoms with van der Waals surface area (Å²) >= 11 is 12.1. The van der Waals surface area contributed by atoms with Crippen LogP contribution in [0.3, 0.4) is 0 Å². The summed E-state index contributed by atoms with van der Waals surface area (Å²) in [5.41, 5.74) is 0.986. The second kappa shape index (κ2) is 11.0. The second-order valence-electron chi connectivity index (χ2n) is 8.09. The molecule has 0 fully saturated rings. The second-order valence-corrected chi connectivity index (χ2v) is 10.3. The quantitative estimate of drug-likeness (QED) is 0.156. The van der Waals surface area contributed by atoms with Crippen LogP contribution in [-0.4, -0.2) is 31.1 Å². The Bertz CT molecular complexity index is 1710. The predicted molar refractivity (Wildman–Crippen MR) is 146 cm³/mol. The van der Waals surface area contributed by atoms with Gasteiger partial charge in [0, 0.05) is 17.1 Å². The third-order valence-electron chi connectivity index (χ3n) is 5.70. The molecule has 0 spiro atoms. The lowest BCUT2D eigenvalue weighted by molar-refractivity contribution is 0.102. The van der Waals surface area contributed by atoms with Crippen molar-refractivity contribution < 1.29 is 27.6 Å². The number of rotatable bonds is 7. The zero-order valence-electron chi connectivity index (χ0n) is 20.1. The molecule has 4 rings (SSSR count). The fourth-order valence-corrected chi connectivity index (χ4v) is 5.03. The summed E-state index contributed by atoms with van der Waals surface area (Å²) in [7, 11) is -3.17. The average molecular weight is 574 g/mol. The highest BCUT2D eigenvalue weighted by Crippen LogP contribution is 2.41. The molecule has 3 N–H and O–H groups in total. The highest BCUT2D eigenvalue weighted by molar-refractivity contribution is 7.86. The first-order valence-corrected chi connectivity index (χ1v) is 13.3. The molecule has 196 valence electrons. The van der Waals surface area contributed by atoms with Gasteiger partial charge in [-0.3, -0.25) is 9.35 Å². The number of methoxy groups -OCH3 is 1. The van der Waals surface area contributed by atoms with E-state index >= 15 is 0 Å². The number of nitrogens with zero attached hydrogens (tertiary/aromatic N) is 2. The monoisotopic (exact) mass is 573 g/mol. The summed E-state index contributed by atoms with van der Waals surface area (Å²) in [6.07, 6.45) is 0.430. The highest BCUT2D eigenvalue weighted by atomic mass is 35.5. The van der Waals surface area contributed by atoms with Gasteiger partial charge in [0.25, 0.3) is 16.0 Å². The Morgan fingerprint density at radius 3 is 2.45 bits per heavy atom. The molecule has 1 amide bonds. The number of amides is 1. The van der Waals surface area contributed by atoms with Gasteiger partial charge in [0.15, 0.2) is 5.75 Å². The standard InChI is InChI=1S/C26H21Cl2N3O6S/c1-3-14-11-20(28)23(38(34,35)36)13-21(14)30-31-24-17-7-5-4-6-15(17)10-18(25(24)32)26(33)29-16-8-9-19(27)22(12-16)37-2/h4-13,32H,3H2,1-2H3,(H,29,33)(H,34,35,36). The van der Waals surface area contributed by atoms with Crippen LogP contribution in [0.4, 0.5) is 17.1 Å². The summed E-state index contributed by atoms with van der Waals surface area (Å²) in [5, 5.41) is 23.5. The van der Waals surface area contributed by atoms with E-state index < -0.39 is 26.7 Å². The van der Waals surface area contributed by atoms with Gasteiger partial charge in [-0.1, -0.05) is 54.4 Å². The number of hydrogen-bond acceptors (Lipinski definition) is 7. The molecule has 0 aliphatic carbocycles. The van der Waals surface area contributed by atoms with E-state index in [9.17, 15) is 22.9 Å². The van der Waals surface area contributed by atoms with Gasteiger partial charge in [0.05, 0.1) is 28.4 Å². The fraction of sp³-hybridized carbons (Fsp3) is 0.115. The Morgan fingerprint density at radius 2 is 1.76 bits per heavy atom. The van der Waals surface area contributed by atoms with E-state index in [4.69, 9.17) is 27.9 Å². The van der Waals surface area contributed by atoms with Crippen LogP contribution in [0.2, 0.25) is 10.0 Å². The third kappa shape index (κ3) is 5.58. The number of phenolic OH excluding ortho intramolecular Hbond substituents is 1. The Morgan fingerprint density at radius 1 is 1.03 bits per heavy atom. The molecule has 0 bridgehead atoms. The van der Waals surface area contributed by atoms with Gasteiger partial charge < -0.3 is 15.2 Å². The maximum Gasteiger partial charge on any atom is 0.296 e. The lowest BCUT2D eigenvalue weighted by Crippen LogP contribution is -2.12. The number of phenols is 1. The minimum absolute atomic E-state index is 0.00709. The number of benzene rings is 4. The number of aryl methyl sites for hydroxylation is 1. The molecule has 38 heavy (non-hydrogen) atoms. The summed E-state index contributed by atoms with van der Waals surface area (Å²) in [6, 6.07) is 15.6. The average Bonchev–Trinajstić information content (AvgIpc) is 2.88. The van der Waals surface area contributed by atoms with Gasteiger partial charge in [-0.15, -0.1) is 5.11 Å². The minimum atomic E-state index is -4.62. The molecule has 4 aromatic rings. The van der Waals surface area contributed by atoms with Crippen molar-refractivity contribution in [2.45, 2.75) is 18.2 Å². The van der Waals surface area contributed by atoms with E-state index in [-0.39, 0.29) is 22.0 Å². The molecule has 0 unspecified atom stereocenters. The molecule has 0 radical (unpaired) electrons. The molecule has 0 aliphatic heterocycles. The topological polar surface area (TPSA) is 138 Å². The van der Waals surface area contributed by atoms with Crippen molar-refractivity contribution in [2.75, 3.05) is 12.4 Å². The first kappa shape index (κ1) is 27.3. The van der Waals surface area contributed by atoms with Crippen molar-refractivity contribution in [3.05, 3.63) is 81.8 Å². The molecule has 9 nitrogen and oxygen atoms in total. The van der Waals surface area contributed by atoms with Crippen LogP contribution < -0.4 is 10.1 Å². The summed E-state index contributed by atoms with van der Waals surface area (Å²) < 4.78 is 38.2. The number of aromatic hydroxyl groups is 1. The molecular weight excluding hydrogens is 553 g/mol.